The van der Waals surface area contributed by atoms with Crippen LogP contribution in [0, 0.1) is 0 Å². The van der Waals surface area contributed by atoms with Crippen LogP contribution in [0.3, 0.4) is 0 Å². The number of rotatable bonds is 3. The van der Waals surface area contributed by atoms with E-state index in [9.17, 15) is 9.59 Å². The second kappa shape index (κ2) is 5.04. The number of hydrogen-bond donors (Lipinski definition) is 0. The van der Waals surface area contributed by atoms with Crippen molar-refractivity contribution in [3.63, 3.8) is 0 Å². The first-order chi connectivity index (χ1) is 6.56. The second-order valence-corrected chi connectivity index (χ2v) is 5.51. The number of ketones is 1. The molecular weight excluding hydrogens is 336 g/mol. The largest absolute Gasteiger partial charge is 0.460 e. The summed E-state index contributed by atoms with van der Waals surface area (Å²) in [4.78, 5) is 22.8. The molecule has 0 aromatic carbocycles. The topological polar surface area (TPSA) is 43.4 Å². The first-order valence-corrected chi connectivity index (χ1v) is 6.12. The Hall–Kier alpha value is -0.200. The minimum absolute atomic E-state index is 0.207. The van der Waals surface area contributed by atoms with E-state index in [1.165, 1.54) is 11.3 Å². The highest BCUT2D eigenvalue weighted by Crippen LogP contribution is 2.32. The number of carbonyl (C=O) groups excluding carboxylic acids is 2. The van der Waals surface area contributed by atoms with E-state index in [0.29, 0.717) is 4.88 Å². The summed E-state index contributed by atoms with van der Waals surface area (Å²) >= 11 is 7.67. The van der Waals surface area contributed by atoms with Gasteiger partial charge in [-0.05, 0) is 44.8 Å². The zero-order chi connectivity index (χ0) is 10.7. The molecule has 0 amide bonds. The molecule has 0 unspecified atom stereocenters. The van der Waals surface area contributed by atoms with Crippen molar-refractivity contribution >= 4 is 54.9 Å². The van der Waals surface area contributed by atoms with E-state index in [1.54, 1.807) is 13.0 Å². The lowest BCUT2D eigenvalue weighted by molar-refractivity contribution is -0.137. The number of halogens is 2. The number of hydrogen-bond acceptors (Lipinski definition) is 4. The van der Waals surface area contributed by atoms with Crippen LogP contribution in [-0.4, -0.2) is 18.4 Å². The summed E-state index contributed by atoms with van der Waals surface area (Å²) in [5.41, 5.74) is 0. The molecule has 0 aliphatic heterocycles. The Bertz CT molecular complexity index is 353. The molecule has 1 aromatic heterocycles. The molecule has 0 saturated carbocycles. The van der Waals surface area contributed by atoms with Gasteiger partial charge < -0.3 is 4.74 Å². The number of esters is 1. The van der Waals surface area contributed by atoms with Gasteiger partial charge in [-0.25, -0.2) is 4.79 Å². The molecule has 0 fully saturated rings. The molecule has 3 nitrogen and oxygen atoms in total. The summed E-state index contributed by atoms with van der Waals surface area (Å²) in [7, 11) is 0. The summed E-state index contributed by atoms with van der Waals surface area (Å²) in [5.74, 6) is -1.42. The van der Waals surface area contributed by atoms with Gasteiger partial charge in [-0.2, -0.15) is 0 Å². The zero-order valence-corrected chi connectivity index (χ0v) is 11.2. The summed E-state index contributed by atoms with van der Waals surface area (Å²) in [5, 5.41) is 0. The normalized spacial score (nSPS) is 9.93. The summed E-state index contributed by atoms with van der Waals surface area (Å²) in [6, 6.07) is 1.59. The highest BCUT2D eigenvalue weighted by molar-refractivity contribution is 9.13. The number of Topliss-reactive ketones (excluding diaryl/α,β-unsaturated/α-hetero) is 1. The Kier molecular flexibility index (Phi) is 4.28. The van der Waals surface area contributed by atoms with E-state index in [-0.39, 0.29) is 6.61 Å². The first kappa shape index (κ1) is 11.9. The molecule has 1 rings (SSSR count). The van der Waals surface area contributed by atoms with Crippen molar-refractivity contribution in [2.75, 3.05) is 6.61 Å². The summed E-state index contributed by atoms with van der Waals surface area (Å²) in [6.45, 7) is 1.86. The van der Waals surface area contributed by atoms with Gasteiger partial charge in [-0.15, -0.1) is 11.3 Å². The Morgan fingerprint density at radius 3 is 2.57 bits per heavy atom. The maximum absolute atomic E-state index is 11.4. The highest BCUT2D eigenvalue weighted by Gasteiger charge is 2.20. The van der Waals surface area contributed by atoms with Crippen LogP contribution in [0.4, 0.5) is 0 Å². The molecule has 0 N–H and O–H groups in total. The molecule has 0 aliphatic rings. The van der Waals surface area contributed by atoms with Crippen molar-refractivity contribution in [2.45, 2.75) is 6.92 Å². The minimum Gasteiger partial charge on any atom is -0.460 e. The monoisotopic (exact) mass is 340 g/mol. The van der Waals surface area contributed by atoms with E-state index in [0.717, 1.165) is 8.26 Å². The van der Waals surface area contributed by atoms with Crippen LogP contribution in [0.25, 0.3) is 0 Å². The number of ether oxygens (including phenoxy) is 1. The van der Waals surface area contributed by atoms with E-state index < -0.39 is 11.8 Å². The fraction of sp³-hybridized carbons (Fsp3) is 0.250. The molecule has 14 heavy (non-hydrogen) atoms. The minimum atomic E-state index is -0.811. The number of thiophene rings is 1. The molecular formula is C8H6Br2O3S. The summed E-state index contributed by atoms with van der Waals surface area (Å²) in [6.07, 6.45) is 0. The van der Waals surface area contributed by atoms with Gasteiger partial charge in [0, 0.05) is 4.47 Å². The fourth-order valence-electron chi connectivity index (χ4n) is 0.756. The molecule has 6 heteroatoms. The predicted molar refractivity (Wildman–Crippen MR) is 60.7 cm³/mol. The summed E-state index contributed by atoms with van der Waals surface area (Å²) < 4.78 is 6.14. The molecule has 1 aromatic rings. The predicted octanol–water partition coefficient (Wildman–Crippen LogP) is 3.02. The third kappa shape index (κ3) is 2.65. The molecule has 76 valence electrons. The maximum atomic E-state index is 11.4. The molecule has 0 bridgehead atoms. The van der Waals surface area contributed by atoms with Gasteiger partial charge in [0.2, 0.25) is 0 Å². The quantitative estimate of drug-likeness (QED) is 0.482. The zero-order valence-electron chi connectivity index (χ0n) is 7.17. The van der Waals surface area contributed by atoms with Gasteiger partial charge >= 0.3 is 5.97 Å². The van der Waals surface area contributed by atoms with Gasteiger partial charge in [0.05, 0.1) is 15.3 Å². The third-order valence-corrected chi connectivity index (χ3v) is 4.58. The fourth-order valence-corrected chi connectivity index (χ4v) is 2.72. The third-order valence-electron chi connectivity index (χ3n) is 1.33. The van der Waals surface area contributed by atoms with Crippen LogP contribution in [-0.2, 0) is 9.53 Å². The van der Waals surface area contributed by atoms with Crippen LogP contribution in [0.15, 0.2) is 14.3 Å². The lowest BCUT2D eigenvalue weighted by Gasteiger charge is -1.96. The Labute approximate surface area is 102 Å². The number of carbonyl (C=O) groups is 2. The molecule has 0 radical (unpaired) electrons. The van der Waals surface area contributed by atoms with E-state index in [2.05, 4.69) is 36.6 Å². The van der Waals surface area contributed by atoms with Gasteiger partial charge in [0.15, 0.2) is 0 Å². The van der Waals surface area contributed by atoms with E-state index in [4.69, 9.17) is 0 Å². The average molecular weight is 342 g/mol. The SMILES string of the molecule is CCOC(=O)C(=O)c1cc(Br)c(Br)s1. The van der Waals surface area contributed by atoms with Crippen LogP contribution in [0.5, 0.6) is 0 Å². The Balaban J connectivity index is 2.84. The van der Waals surface area contributed by atoms with Crippen molar-refractivity contribution in [3.8, 4) is 0 Å². The molecule has 1 heterocycles. The van der Waals surface area contributed by atoms with Crippen molar-refractivity contribution in [1.82, 2.24) is 0 Å². The molecule has 0 saturated heterocycles. The Morgan fingerprint density at radius 2 is 2.14 bits per heavy atom. The van der Waals surface area contributed by atoms with Crippen molar-refractivity contribution < 1.29 is 14.3 Å². The second-order valence-electron chi connectivity index (χ2n) is 2.28. The Morgan fingerprint density at radius 1 is 1.50 bits per heavy atom. The van der Waals surface area contributed by atoms with E-state index >= 15 is 0 Å². The lowest BCUT2D eigenvalue weighted by atomic mass is 10.3. The lowest BCUT2D eigenvalue weighted by Crippen LogP contribution is -2.16. The highest BCUT2D eigenvalue weighted by atomic mass is 79.9. The smallest absolute Gasteiger partial charge is 0.380 e. The van der Waals surface area contributed by atoms with E-state index in [1.807, 2.05) is 0 Å². The van der Waals surface area contributed by atoms with Gasteiger partial charge in [0.1, 0.15) is 0 Å². The maximum Gasteiger partial charge on any atom is 0.380 e. The van der Waals surface area contributed by atoms with Crippen LogP contribution < -0.4 is 0 Å². The molecule has 0 atom stereocenters. The van der Waals surface area contributed by atoms with Crippen LogP contribution in [0.1, 0.15) is 16.6 Å². The van der Waals surface area contributed by atoms with Gasteiger partial charge in [-0.1, -0.05) is 0 Å². The first-order valence-electron chi connectivity index (χ1n) is 3.72. The van der Waals surface area contributed by atoms with Gasteiger partial charge in [-0.3, -0.25) is 4.79 Å². The van der Waals surface area contributed by atoms with Gasteiger partial charge in [0.25, 0.3) is 5.78 Å². The van der Waals surface area contributed by atoms with Crippen LogP contribution >= 0.6 is 43.2 Å². The average Bonchev–Trinajstić information content (AvgIpc) is 2.46. The molecule has 0 spiro atoms. The van der Waals surface area contributed by atoms with Crippen LogP contribution in [0.2, 0.25) is 0 Å². The standard InChI is InChI=1S/C8H6Br2O3S/c1-2-13-8(12)6(11)5-3-4(9)7(10)14-5/h3H,2H2,1H3. The molecule has 0 aliphatic carbocycles. The van der Waals surface area contributed by atoms with Crippen molar-refractivity contribution in [3.05, 3.63) is 19.2 Å². The van der Waals surface area contributed by atoms with Crippen molar-refractivity contribution in [1.29, 1.82) is 0 Å². The van der Waals surface area contributed by atoms with Crippen molar-refractivity contribution in [2.24, 2.45) is 0 Å².